The third-order valence-corrected chi connectivity index (χ3v) is 6.82. The molecule has 0 atom stereocenters. The molecule has 9 heteroatoms. The van der Waals surface area contributed by atoms with E-state index in [1.807, 2.05) is 60.7 Å². The van der Waals surface area contributed by atoms with Crippen LogP contribution in [-0.2, 0) is 4.79 Å². The van der Waals surface area contributed by atoms with Crippen molar-refractivity contribution in [2.75, 3.05) is 56.7 Å². The van der Waals surface area contributed by atoms with E-state index in [2.05, 4.69) is 20.1 Å². The van der Waals surface area contributed by atoms with Gasteiger partial charge in [-0.1, -0.05) is 36.4 Å². The quantitative estimate of drug-likeness (QED) is 0.307. The summed E-state index contributed by atoms with van der Waals surface area (Å²) in [6.45, 7) is 3.53. The zero-order valence-electron chi connectivity index (χ0n) is 21.8. The highest BCUT2D eigenvalue weighted by atomic mass is 19.1. The summed E-state index contributed by atoms with van der Waals surface area (Å²) in [7, 11) is 1.64. The van der Waals surface area contributed by atoms with Gasteiger partial charge in [0.05, 0.1) is 18.3 Å². The van der Waals surface area contributed by atoms with Gasteiger partial charge in [-0.3, -0.25) is 9.69 Å². The van der Waals surface area contributed by atoms with Gasteiger partial charge in [0, 0.05) is 67.7 Å². The second-order valence-corrected chi connectivity index (χ2v) is 9.33. The van der Waals surface area contributed by atoms with Gasteiger partial charge in [-0.2, -0.15) is 0 Å². The van der Waals surface area contributed by atoms with Crippen molar-refractivity contribution >= 4 is 40.2 Å². The molecule has 0 spiro atoms. The maximum Gasteiger partial charge on any atom is 0.241 e. The number of hydrogen-bond acceptors (Lipinski definition) is 7. The number of piperazine rings is 1. The maximum absolute atomic E-state index is 12.7. The van der Waals surface area contributed by atoms with E-state index in [9.17, 15) is 9.18 Å². The number of nitrogens with zero attached hydrogens (tertiary/aromatic N) is 4. The van der Waals surface area contributed by atoms with Gasteiger partial charge in [-0.15, -0.1) is 0 Å². The fraction of sp³-hybridized carbons (Fsp3) is 0.233. The van der Waals surface area contributed by atoms with Crippen LogP contribution in [0.3, 0.4) is 0 Å². The number of benzene rings is 3. The monoisotopic (exact) mass is 526 g/mol. The SMILES string of the molecule is COc1cc(N2CCN(CCF)CC2)ccc1Nc1ncc2cccc(-c3cccc(C=CC(N)=O)c3)c2n1. The van der Waals surface area contributed by atoms with E-state index in [-0.39, 0.29) is 6.67 Å². The third-order valence-electron chi connectivity index (χ3n) is 6.82. The Bertz CT molecular complexity index is 1500. The Hall–Kier alpha value is -4.50. The molecule has 8 nitrogen and oxygen atoms in total. The highest BCUT2D eigenvalue weighted by molar-refractivity contribution is 5.95. The standard InChI is InChI=1S/C30H31FN6O2/c1-39-27-19-24(37-16-14-36(13-12-31)15-17-37)9-10-26(27)34-30-33-20-23-6-3-7-25(29(23)35-30)22-5-2-4-21(18-22)8-11-28(32)38/h2-11,18-20H,12-17H2,1H3,(H2,32,38)(H,33,34,35). The molecular formula is C30H31FN6O2. The normalized spacial score (nSPS) is 14.2. The summed E-state index contributed by atoms with van der Waals surface area (Å²) in [6, 6.07) is 19.8. The van der Waals surface area contributed by atoms with Gasteiger partial charge in [0.2, 0.25) is 11.9 Å². The molecule has 0 radical (unpaired) electrons. The number of fused-ring (bicyclic) bond motifs is 1. The molecule has 1 aliphatic heterocycles. The van der Waals surface area contributed by atoms with E-state index in [4.69, 9.17) is 15.5 Å². The first-order valence-electron chi connectivity index (χ1n) is 12.9. The summed E-state index contributed by atoms with van der Waals surface area (Å²) in [5.41, 5.74) is 10.6. The van der Waals surface area contributed by atoms with E-state index >= 15 is 0 Å². The molecule has 200 valence electrons. The Morgan fingerprint density at radius 2 is 1.92 bits per heavy atom. The molecule has 3 N–H and O–H groups in total. The van der Waals surface area contributed by atoms with Crippen LogP contribution >= 0.6 is 0 Å². The molecule has 0 saturated carbocycles. The molecule has 5 rings (SSSR count). The van der Waals surface area contributed by atoms with Crippen molar-refractivity contribution in [2.45, 2.75) is 0 Å². The summed E-state index contributed by atoms with van der Waals surface area (Å²) in [5, 5.41) is 4.22. The van der Waals surface area contributed by atoms with Gasteiger partial charge >= 0.3 is 0 Å². The fourth-order valence-corrected chi connectivity index (χ4v) is 4.79. The lowest BCUT2D eigenvalue weighted by Crippen LogP contribution is -2.47. The predicted molar refractivity (Wildman–Crippen MR) is 154 cm³/mol. The van der Waals surface area contributed by atoms with Crippen LogP contribution in [-0.4, -0.2) is 67.3 Å². The van der Waals surface area contributed by atoms with E-state index in [1.54, 1.807) is 19.4 Å². The number of primary amides is 1. The van der Waals surface area contributed by atoms with Crippen molar-refractivity contribution in [1.82, 2.24) is 14.9 Å². The van der Waals surface area contributed by atoms with Crippen molar-refractivity contribution < 1.29 is 13.9 Å². The summed E-state index contributed by atoms with van der Waals surface area (Å²) in [5.74, 6) is 0.642. The summed E-state index contributed by atoms with van der Waals surface area (Å²) < 4.78 is 18.4. The molecule has 1 fully saturated rings. The van der Waals surface area contributed by atoms with Crippen molar-refractivity contribution in [3.63, 3.8) is 0 Å². The zero-order valence-corrected chi connectivity index (χ0v) is 21.8. The van der Waals surface area contributed by atoms with Crippen LogP contribution < -0.4 is 20.7 Å². The van der Waals surface area contributed by atoms with Crippen molar-refractivity contribution in [3.8, 4) is 16.9 Å². The molecule has 1 aromatic heterocycles. The Balaban J connectivity index is 1.40. The average molecular weight is 527 g/mol. The molecule has 1 aliphatic rings. The summed E-state index contributed by atoms with van der Waals surface area (Å²) in [4.78, 5) is 25.0. The molecule has 4 aromatic rings. The Kier molecular flexibility index (Phi) is 7.98. The lowest BCUT2D eigenvalue weighted by molar-refractivity contribution is -0.113. The number of carbonyl (C=O) groups excluding carboxylic acids is 1. The molecule has 1 saturated heterocycles. The second-order valence-electron chi connectivity index (χ2n) is 9.33. The third kappa shape index (κ3) is 6.15. The van der Waals surface area contributed by atoms with Crippen molar-refractivity contribution in [2.24, 2.45) is 5.73 Å². The highest BCUT2D eigenvalue weighted by Crippen LogP contribution is 2.33. The van der Waals surface area contributed by atoms with Crippen LogP contribution in [0.4, 0.5) is 21.7 Å². The number of para-hydroxylation sites is 1. The summed E-state index contributed by atoms with van der Waals surface area (Å²) in [6.07, 6.45) is 4.83. The fourth-order valence-electron chi connectivity index (χ4n) is 4.79. The van der Waals surface area contributed by atoms with Gasteiger partial charge in [-0.05, 0) is 35.4 Å². The van der Waals surface area contributed by atoms with Crippen molar-refractivity contribution in [3.05, 3.63) is 78.5 Å². The molecule has 0 bridgehead atoms. The Morgan fingerprint density at radius 1 is 1.10 bits per heavy atom. The van der Waals surface area contributed by atoms with Crippen LogP contribution in [0.25, 0.3) is 28.1 Å². The number of methoxy groups -OCH3 is 1. The van der Waals surface area contributed by atoms with Crippen LogP contribution in [0, 0.1) is 0 Å². The van der Waals surface area contributed by atoms with Gasteiger partial charge in [-0.25, -0.2) is 14.4 Å². The predicted octanol–water partition coefficient (Wildman–Crippen LogP) is 4.64. The van der Waals surface area contributed by atoms with Gasteiger partial charge < -0.3 is 20.7 Å². The van der Waals surface area contributed by atoms with Gasteiger partial charge in [0.25, 0.3) is 0 Å². The second kappa shape index (κ2) is 11.9. The van der Waals surface area contributed by atoms with E-state index in [0.29, 0.717) is 18.2 Å². The highest BCUT2D eigenvalue weighted by Gasteiger charge is 2.18. The van der Waals surface area contributed by atoms with Crippen molar-refractivity contribution in [1.29, 1.82) is 0 Å². The summed E-state index contributed by atoms with van der Waals surface area (Å²) >= 11 is 0. The van der Waals surface area contributed by atoms with Gasteiger partial charge in [0.1, 0.15) is 12.4 Å². The maximum atomic E-state index is 12.7. The van der Waals surface area contributed by atoms with E-state index in [0.717, 1.165) is 65.1 Å². The lowest BCUT2D eigenvalue weighted by Gasteiger charge is -2.35. The van der Waals surface area contributed by atoms with Crippen LogP contribution in [0.2, 0.25) is 0 Å². The Labute approximate surface area is 226 Å². The number of nitrogens with two attached hydrogens (primary N) is 1. The number of ether oxygens (including phenoxy) is 1. The van der Waals surface area contributed by atoms with Crippen LogP contribution in [0.15, 0.2) is 72.9 Å². The first kappa shape index (κ1) is 26.1. The number of aromatic nitrogens is 2. The molecule has 2 heterocycles. The minimum absolute atomic E-state index is 0.312. The number of anilines is 3. The largest absolute Gasteiger partial charge is 0.494 e. The first-order valence-corrected chi connectivity index (χ1v) is 12.9. The van der Waals surface area contributed by atoms with Gasteiger partial charge in [0.15, 0.2) is 0 Å². The van der Waals surface area contributed by atoms with Crippen LogP contribution in [0.1, 0.15) is 5.56 Å². The average Bonchev–Trinajstić information content (AvgIpc) is 2.97. The number of carbonyl (C=O) groups is 1. The minimum atomic E-state index is -0.492. The molecular weight excluding hydrogens is 495 g/mol. The molecule has 0 unspecified atom stereocenters. The molecule has 1 amide bonds. The number of halogens is 1. The lowest BCUT2D eigenvalue weighted by atomic mass is 10.0. The van der Waals surface area contributed by atoms with E-state index in [1.165, 1.54) is 6.08 Å². The number of amides is 1. The number of hydrogen-bond donors (Lipinski definition) is 2. The zero-order chi connectivity index (χ0) is 27.2. The molecule has 39 heavy (non-hydrogen) atoms. The van der Waals surface area contributed by atoms with E-state index < -0.39 is 5.91 Å². The minimum Gasteiger partial charge on any atom is -0.494 e. The number of alkyl halides is 1. The number of rotatable bonds is 9. The molecule has 3 aromatic carbocycles. The first-order chi connectivity index (χ1) is 19.0. The smallest absolute Gasteiger partial charge is 0.241 e. The number of nitrogens with one attached hydrogen (secondary N) is 1. The Morgan fingerprint density at radius 3 is 2.69 bits per heavy atom. The van der Waals surface area contributed by atoms with Crippen LogP contribution in [0.5, 0.6) is 5.75 Å². The topological polar surface area (TPSA) is 96.6 Å². The molecule has 0 aliphatic carbocycles.